The first kappa shape index (κ1) is 14.0. The number of benzene rings is 1. The van der Waals surface area contributed by atoms with Crippen LogP contribution >= 0.6 is 27.3 Å². The van der Waals surface area contributed by atoms with Crippen LogP contribution in [0.4, 0.5) is 11.4 Å². The fourth-order valence-electron chi connectivity index (χ4n) is 1.85. The van der Waals surface area contributed by atoms with Crippen LogP contribution in [0.25, 0.3) is 0 Å². The van der Waals surface area contributed by atoms with Crippen molar-refractivity contribution in [1.29, 1.82) is 0 Å². The predicted octanol–water partition coefficient (Wildman–Crippen LogP) is 3.67. The van der Waals surface area contributed by atoms with E-state index in [0.717, 1.165) is 20.7 Å². The lowest BCUT2D eigenvalue weighted by Gasteiger charge is -2.11. The molecule has 0 fully saturated rings. The summed E-state index contributed by atoms with van der Waals surface area (Å²) in [6.45, 7) is 5.62. The van der Waals surface area contributed by atoms with E-state index in [1.54, 1.807) is 6.07 Å². The maximum atomic E-state index is 12.2. The number of nitrogens with two attached hydrogens (primary N) is 1. The van der Waals surface area contributed by atoms with E-state index in [4.69, 9.17) is 5.73 Å². The van der Waals surface area contributed by atoms with Gasteiger partial charge in [-0.3, -0.25) is 4.79 Å². The number of nitrogen functional groups attached to an aromatic ring is 1. The topological polar surface area (TPSA) is 68.0 Å². The average Bonchev–Trinajstić information content (AvgIpc) is 2.62. The van der Waals surface area contributed by atoms with Crippen molar-refractivity contribution in [2.75, 3.05) is 11.1 Å². The Morgan fingerprint density at radius 2 is 2.05 bits per heavy atom. The summed E-state index contributed by atoms with van der Waals surface area (Å²) in [4.78, 5) is 17.1. The maximum absolute atomic E-state index is 12.2. The number of amides is 1. The van der Waals surface area contributed by atoms with E-state index >= 15 is 0 Å². The lowest BCUT2D eigenvalue weighted by atomic mass is 10.1. The zero-order chi connectivity index (χ0) is 14.2. The van der Waals surface area contributed by atoms with Gasteiger partial charge in [-0.25, -0.2) is 4.98 Å². The van der Waals surface area contributed by atoms with Crippen LogP contribution in [0, 0.1) is 20.8 Å². The van der Waals surface area contributed by atoms with Crippen LogP contribution in [0.5, 0.6) is 0 Å². The van der Waals surface area contributed by atoms with E-state index in [9.17, 15) is 4.79 Å². The monoisotopic (exact) mass is 339 g/mol. The molecule has 1 aromatic heterocycles. The van der Waals surface area contributed by atoms with Crippen LogP contribution in [-0.2, 0) is 0 Å². The van der Waals surface area contributed by atoms with Gasteiger partial charge in [0.2, 0.25) is 0 Å². The number of nitrogens with one attached hydrogen (secondary N) is 1. The molecule has 0 radical (unpaired) electrons. The minimum Gasteiger partial charge on any atom is -0.397 e. The largest absolute Gasteiger partial charge is 0.397 e. The molecule has 4 nitrogen and oxygen atoms in total. The molecule has 2 rings (SSSR count). The van der Waals surface area contributed by atoms with Crippen LogP contribution in [0.15, 0.2) is 16.6 Å². The Balaban J connectivity index is 2.32. The number of carbonyl (C=O) groups excluding carboxylic acids is 1. The highest BCUT2D eigenvalue weighted by atomic mass is 79.9. The van der Waals surface area contributed by atoms with E-state index in [-0.39, 0.29) is 5.91 Å². The molecule has 0 atom stereocenters. The highest BCUT2D eigenvalue weighted by molar-refractivity contribution is 9.10. The molecule has 0 unspecified atom stereocenters. The Kier molecular flexibility index (Phi) is 3.91. The first-order valence-corrected chi connectivity index (χ1v) is 7.30. The normalized spacial score (nSPS) is 10.5. The molecule has 0 spiro atoms. The van der Waals surface area contributed by atoms with Gasteiger partial charge >= 0.3 is 0 Å². The Hall–Kier alpha value is -1.40. The third-order valence-electron chi connectivity index (χ3n) is 2.68. The second-order valence-electron chi connectivity index (χ2n) is 4.29. The van der Waals surface area contributed by atoms with Gasteiger partial charge in [-0.2, -0.15) is 0 Å². The predicted molar refractivity (Wildman–Crippen MR) is 82.8 cm³/mol. The van der Waals surface area contributed by atoms with Crippen LogP contribution < -0.4 is 11.1 Å². The fraction of sp³-hybridized carbons (Fsp3) is 0.231. The van der Waals surface area contributed by atoms with Gasteiger partial charge in [0.05, 0.1) is 22.1 Å². The number of aromatic nitrogens is 1. The molecule has 1 amide bonds. The molecule has 0 saturated heterocycles. The number of anilines is 2. The molecular weight excluding hydrogens is 326 g/mol. The van der Waals surface area contributed by atoms with Crippen molar-refractivity contribution in [3.63, 3.8) is 0 Å². The first-order chi connectivity index (χ1) is 8.88. The third-order valence-corrected chi connectivity index (χ3v) is 4.21. The quantitative estimate of drug-likeness (QED) is 0.820. The van der Waals surface area contributed by atoms with Gasteiger partial charge in [-0.15, -0.1) is 11.3 Å². The number of nitrogens with zero attached hydrogens (tertiary/aromatic N) is 1. The molecule has 0 aliphatic heterocycles. The SMILES string of the molecule is Cc1nc(C)c(C(=O)Nc2c(C)cc(Br)cc2N)s1. The Labute approximate surface area is 124 Å². The lowest BCUT2D eigenvalue weighted by molar-refractivity contribution is 0.103. The van der Waals surface area contributed by atoms with Gasteiger partial charge in [-0.05, 0) is 38.5 Å². The summed E-state index contributed by atoms with van der Waals surface area (Å²) >= 11 is 4.76. The molecular formula is C13H14BrN3OS. The number of thiazole rings is 1. The molecule has 2 aromatic rings. The number of hydrogen-bond donors (Lipinski definition) is 2. The standard InChI is InChI=1S/C13H14BrN3OS/c1-6-4-9(14)5-10(15)11(6)17-13(18)12-7(2)16-8(3)19-12/h4-5H,15H2,1-3H3,(H,17,18). The smallest absolute Gasteiger partial charge is 0.267 e. The van der Waals surface area contributed by atoms with E-state index in [2.05, 4.69) is 26.2 Å². The molecule has 100 valence electrons. The second-order valence-corrected chi connectivity index (χ2v) is 6.41. The summed E-state index contributed by atoms with van der Waals surface area (Å²) in [5, 5.41) is 3.74. The summed E-state index contributed by atoms with van der Waals surface area (Å²) in [6.07, 6.45) is 0. The molecule has 0 bridgehead atoms. The molecule has 3 N–H and O–H groups in total. The third kappa shape index (κ3) is 2.96. The maximum Gasteiger partial charge on any atom is 0.267 e. The van der Waals surface area contributed by atoms with Gasteiger partial charge in [0.15, 0.2) is 0 Å². The summed E-state index contributed by atoms with van der Waals surface area (Å²) in [5.74, 6) is -0.166. The zero-order valence-electron chi connectivity index (χ0n) is 10.9. The zero-order valence-corrected chi connectivity index (χ0v) is 13.3. The van der Waals surface area contributed by atoms with Crippen LogP contribution in [0.3, 0.4) is 0 Å². The minimum absolute atomic E-state index is 0.166. The van der Waals surface area contributed by atoms with Gasteiger partial charge in [0.1, 0.15) is 4.88 Å². The second kappa shape index (κ2) is 5.30. The molecule has 1 heterocycles. The molecule has 6 heteroatoms. The molecule has 0 saturated carbocycles. The van der Waals surface area contributed by atoms with Crippen LogP contribution in [0.1, 0.15) is 25.9 Å². The van der Waals surface area contributed by atoms with Crippen LogP contribution in [0.2, 0.25) is 0 Å². The fourth-order valence-corrected chi connectivity index (χ4v) is 3.26. The van der Waals surface area contributed by atoms with Gasteiger partial charge in [0, 0.05) is 4.47 Å². The average molecular weight is 340 g/mol. The molecule has 19 heavy (non-hydrogen) atoms. The van der Waals surface area contributed by atoms with Crippen molar-refractivity contribution >= 4 is 44.5 Å². The van der Waals surface area contributed by atoms with Gasteiger partial charge < -0.3 is 11.1 Å². The molecule has 0 aliphatic rings. The number of carbonyl (C=O) groups is 1. The van der Waals surface area contributed by atoms with Gasteiger partial charge in [-0.1, -0.05) is 15.9 Å². The van der Waals surface area contributed by atoms with Crippen molar-refractivity contribution in [2.24, 2.45) is 0 Å². The first-order valence-electron chi connectivity index (χ1n) is 5.69. The molecule has 0 aliphatic carbocycles. The van der Waals surface area contributed by atoms with Crippen molar-refractivity contribution in [3.8, 4) is 0 Å². The number of aryl methyl sites for hydroxylation is 3. The minimum atomic E-state index is -0.166. The summed E-state index contributed by atoms with van der Waals surface area (Å²) in [6, 6.07) is 3.68. The van der Waals surface area contributed by atoms with Crippen molar-refractivity contribution in [3.05, 3.63) is 37.7 Å². The van der Waals surface area contributed by atoms with E-state index in [0.29, 0.717) is 16.3 Å². The molecule has 1 aromatic carbocycles. The highest BCUT2D eigenvalue weighted by Gasteiger charge is 2.16. The summed E-state index contributed by atoms with van der Waals surface area (Å²) < 4.78 is 0.894. The van der Waals surface area contributed by atoms with Crippen LogP contribution in [-0.4, -0.2) is 10.9 Å². The van der Waals surface area contributed by atoms with Crippen molar-refractivity contribution in [1.82, 2.24) is 4.98 Å². The van der Waals surface area contributed by atoms with E-state index < -0.39 is 0 Å². The van der Waals surface area contributed by atoms with E-state index in [1.165, 1.54) is 11.3 Å². The summed E-state index contributed by atoms with van der Waals surface area (Å²) in [5.41, 5.74) is 8.79. The van der Waals surface area contributed by atoms with Gasteiger partial charge in [0.25, 0.3) is 5.91 Å². The van der Waals surface area contributed by atoms with E-state index in [1.807, 2.05) is 26.8 Å². The number of rotatable bonds is 2. The summed E-state index contributed by atoms with van der Waals surface area (Å²) in [7, 11) is 0. The number of hydrogen-bond acceptors (Lipinski definition) is 4. The number of halogens is 1. The van der Waals surface area contributed by atoms with Crippen molar-refractivity contribution in [2.45, 2.75) is 20.8 Å². The van der Waals surface area contributed by atoms with Crippen molar-refractivity contribution < 1.29 is 4.79 Å². The Bertz CT molecular complexity index is 628. The highest BCUT2D eigenvalue weighted by Crippen LogP contribution is 2.29. The Morgan fingerprint density at radius 1 is 1.37 bits per heavy atom. The Morgan fingerprint density at radius 3 is 2.58 bits per heavy atom. The lowest BCUT2D eigenvalue weighted by Crippen LogP contribution is -2.14.